The largest absolute Gasteiger partial charge is 0.450 e. The van der Waals surface area contributed by atoms with E-state index in [4.69, 9.17) is 9.47 Å². The number of benzene rings is 1. The maximum absolute atomic E-state index is 13.1. The van der Waals surface area contributed by atoms with Gasteiger partial charge >= 0.3 is 6.09 Å². The normalized spacial score (nSPS) is 23.2. The van der Waals surface area contributed by atoms with Gasteiger partial charge in [0.25, 0.3) is 5.91 Å². The SMILES string of the molecule is CCOC(=O)N1CCN([C@H]2CC(=O)N(c3ccc(N4CCOCC4)cc3)C2=O)CC1. The van der Waals surface area contributed by atoms with Gasteiger partial charge in [0, 0.05) is 45.0 Å². The van der Waals surface area contributed by atoms with Crippen LogP contribution in [0.5, 0.6) is 0 Å². The minimum atomic E-state index is -0.472. The smallest absolute Gasteiger partial charge is 0.409 e. The Bertz CT molecular complexity index is 785. The number of morpholine rings is 1. The molecule has 0 aromatic heterocycles. The van der Waals surface area contributed by atoms with Crippen LogP contribution in [0.1, 0.15) is 13.3 Å². The minimum absolute atomic E-state index is 0.170. The molecule has 1 aromatic carbocycles. The van der Waals surface area contributed by atoms with Gasteiger partial charge in [-0.1, -0.05) is 0 Å². The van der Waals surface area contributed by atoms with Gasteiger partial charge in [-0.3, -0.25) is 14.5 Å². The third kappa shape index (κ3) is 4.13. The summed E-state index contributed by atoms with van der Waals surface area (Å²) >= 11 is 0. The van der Waals surface area contributed by atoms with E-state index in [1.807, 2.05) is 29.2 Å². The molecule has 162 valence electrons. The molecule has 0 spiro atoms. The van der Waals surface area contributed by atoms with E-state index in [9.17, 15) is 14.4 Å². The predicted octanol–water partition coefficient (Wildman–Crippen LogP) is 0.929. The van der Waals surface area contributed by atoms with Gasteiger partial charge in [0.2, 0.25) is 5.91 Å². The molecule has 0 bridgehead atoms. The first kappa shape index (κ1) is 20.6. The van der Waals surface area contributed by atoms with Crippen LogP contribution in [0, 0.1) is 0 Å². The summed E-state index contributed by atoms with van der Waals surface area (Å²) in [5.74, 6) is -0.374. The molecule has 3 aliphatic heterocycles. The van der Waals surface area contributed by atoms with Crippen LogP contribution in [-0.4, -0.2) is 92.8 Å². The van der Waals surface area contributed by atoms with Gasteiger partial charge < -0.3 is 19.3 Å². The lowest BCUT2D eigenvalue weighted by atomic mass is 10.2. The Balaban J connectivity index is 1.39. The Kier molecular flexibility index (Phi) is 6.19. The molecule has 0 N–H and O–H groups in total. The van der Waals surface area contributed by atoms with Crippen molar-refractivity contribution >= 4 is 29.3 Å². The van der Waals surface area contributed by atoms with E-state index >= 15 is 0 Å². The highest BCUT2D eigenvalue weighted by Crippen LogP contribution is 2.28. The van der Waals surface area contributed by atoms with Crippen molar-refractivity contribution in [3.63, 3.8) is 0 Å². The topological polar surface area (TPSA) is 82.6 Å². The van der Waals surface area contributed by atoms with Crippen molar-refractivity contribution in [3.05, 3.63) is 24.3 Å². The zero-order valence-corrected chi connectivity index (χ0v) is 17.3. The van der Waals surface area contributed by atoms with Gasteiger partial charge in [-0.25, -0.2) is 9.69 Å². The van der Waals surface area contributed by atoms with E-state index in [1.165, 1.54) is 4.90 Å². The first-order valence-corrected chi connectivity index (χ1v) is 10.5. The summed E-state index contributed by atoms with van der Waals surface area (Å²) in [7, 11) is 0. The Hall–Kier alpha value is -2.65. The third-order valence-electron chi connectivity index (χ3n) is 5.89. The number of carbonyl (C=O) groups excluding carboxylic acids is 3. The minimum Gasteiger partial charge on any atom is -0.450 e. The highest BCUT2D eigenvalue weighted by molar-refractivity contribution is 6.22. The van der Waals surface area contributed by atoms with Gasteiger partial charge in [0.05, 0.1) is 38.0 Å². The van der Waals surface area contributed by atoms with Crippen LogP contribution in [0.4, 0.5) is 16.2 Å². The van der Waals surface area contributed by atoms with E-state index in [0.29, 0.717) is 51.7 Å². The van der Waals surface area contributed by atoms with Crippen molar-refractivity contribution in [1.82, 2.24) is 9.80 Å². The first-order valence-electron chi connectivity index (χ1n) is 10.5. The first-order chi connectivity index (χ1) is 14.6. The quantitative estimate of drug-likeness (QED) is 0.676. The standard InChI is InChI=1S/C21H28N4O5/c1-2-30-21(28)24-9-7-23(8-10-24)18-15-19(26)25(20(18)27)17-5-3-16(4-6-17)22-11-13-29-14-12-22/h3-6,18H,2,7-15H2,1H3/t18-/m0/s1. The second-order valence-electron chi connectivity index (χ2n) is 7.63. The van der Waals surface area contributed by atoms with Crippen LogP contribution in [0.3, 0.4) is 0 Å². The predicted molar refractivity (Wildman–Crippen MR) is 111 cm³/mol. The van der Waals surface area contributed by atoms with Crippen LogP contribution in [-0.2, 0) is 19.1 Å². The molecule has 1 aromatic rings. The monoisotopic (exact) mass is 416 g/mol. The van der Waals surface area contributed by atoms with E-state index < -0.39 is 6.04 Å². The fourth-order valence-corrected chi connectivity index (χ4v) is 4.24. The molecule has 1 atom stereocenters. The average molecular weight is 416 g/mol. The van der Waals surface area contributed by atoms with Crippen molar-refractivity contribution in [2.75, 3.05) is 68.9 Å². The second-order valence-corrected chi connectivity index (χ2v) is 7.63. The summed E-state index contributed by atoms with van der Waals surface area (Å²) in [6, 6.07) is 7.10. The Morgan fingerprint density at radius 3 is 2.27 bits per heavy atom. The highest BCUT2D eigenvalue weighted by Gasteiger charge is 2.43. The van der Waals surface area contributed by atoms with E-state index in [-0.39, 0.29) is 24.3 Å². The summed E-state index contributed by atoms with van der Waals surface area (Å²) in [5.41, 5.74) is 1.67. The molecular weight excluding hydrogens is 388 g/mol. The van der Waals surface area contributed by atoms with Crippen LogP contribution >= 0.6 is 0 Å². The molecule has 3 aliphatic rings. The zero-order chi connectivity index (χ0) is 21.1. The average Bonchev–Trinajstić information content (AvgIpc) is 3.08. The summed E-state index contributed by atoms with van der Waals surface area (Å²) in [6.45, 7) is 7.27. The summed E-state index contributed by atoms with van der Waals surface area (Å²) in [5, 5.41) is 0. The number of nitrogens with zero attached hydrogens (tertiary/aromatic N) is 4. The number of hydrogen-bond acceptors (Lipinski definition) is 7. The molecule has 0 aliphatic carbocycles. The molecule has 3 fully saturated rings. The molecule has 0 radical (unpaired) electrons. The molecular formula is C21H28N4O5. The number of ether oxygens (including phenoxy) is 2. The van der Waals surface area contributed by atoms with Gasteiger partial charge in [-0.2, -0.15) is 0 Å². The van der Waals surface area contributed by atoms with E-state index in [0.717, 1.165) is 18.8 Å². The second kappa shape index (κ2) is 9.01. The maximum atomic E-state index is 13.1. The number of anilines is 2. The summed E-state index contributed by atoms with van der Waals surface area (Å²) in [6.07, 6.45) is -0.156. The van der Waals surface area contributed by atoms with E-state index in [1.54, 1.807) is 11.8 Å². The molecule has 3 heterocycles. The Labute approximate surface area is 176 Å². The zero-order valence-electron chi connectivity index (χ0n) is 17.3. The molecule has 0 saturated carbocycles. The molecule has 0 unspecified atom stereocenters. The van der Waals surface area contributed by atoms with Crippen molar-refractivity contribution in [2.24, 2.45) is 0 Å². The molecule has 3 amide bonds. The van der Waals surface area contributed by atoms with E-state index in [2.05, 4.69) is 4.90 Å². The highest BCUT2D eigenvalue weighted by atomic mass is 16.6. The number of piperazine rings is 1. The van der Waals surface area contributed by atoms with Crippen molar-refractivity contribution in [1.29, 1.82) is 0 Å². The van der Waals surface area contributed by atoms with Crippen LogP contribution < -0.4 is 9.80 Å². The summed E-state index contributed by atoms with van der Waals surface area (Å²) < 4.78 is 10.4. The van der Waals surface area contributed by atoms with Gasteiger partial charge in [0.1, 0.15) is 0 Å². The van der Waals surface area contributed by atoms with Crippen LogP contribution in [0.25, 0.3) is 0 Å². The maximum Gasteiger partial charge on any atom is 0.409 e. The molecule has 4 rings (SSSR count). The Morgan fingerprint density at radius 1 is 1.00 bits per heavy atom. The van der Waals surface area contributed by atoms with Crippen molar-refractivity contribution in [3.8, 4) is 0 Å². The molecule has 30 heavy (non-hydrogen) atoms. The third-order valence-corrected chi connectivity index (χ3v) is 5.89. The molecule has 9 heteroatoms. The van der Waals surface area contributed by atoms with Gasteiger partial charge in [-0.05, 0) is 31.2 Å². The van der Waals surface area contributed by atoms with Gasteiger partial charge in [-0.15, -0.1) is 0 Å². The number of imide groups is 1. The fraction of sp³-hybridized carbons (Fsp3) is 0.571. The van der Waals surface area contributed by atoms with Crippen LogP contribution in [0.15, 0.2) is 24.3 Å². The van der Waals surface area contributed by atoms with Crippen molar-refractivity contribution in [2.45, 2.75) is 19.4 Å². The Morgan fingerprint density at radius 2 is 1.63 bits per heavy atom. The number of carbonyl (C=O) groups is 3. The summed E-state index contributed by atoms with van der Waals surface area (Å²) in [4.78, 5) is 44.7. The molecule has 3 saturated heterocycles. The lowest BCUT2D eigenvalue weighted by Gasteiger charge is -2.36. The fourth-order valence-electron chi connectivity index (χ4n) is 4.24. The molecule has 9 nitrogen and oxygen atoms in total. The van der Waals surface area contributed by atoms with Crippen LogP contribution in [0.2, 0.25) is 0 Å². The number of amides is 3. The number of hydrogen-bond donors (Lipinski definition) is 0. The van der Waals surface area contributed by atoms with Gasteiger partial charge in [0.15, 0.2) is 0 Å². The lowest BCUT2D eigenvalue weighted by Crippen LogP contribution is -2.54. The number of rotatable bonds is 4. The van der Waals surface area contributed by atoms with Crippen molar-refractivity contribution < 1.29 is 23.9 Å². The lowest BCUT2D eigenvalue weighted by molar-refractivity contribution is -0.123.